The Kier molecular flexibility index (Phi) is 4.58. The van der Waals surface area contributed by atoms with Crippen molar-refractivity contribution in [3.63, 3.8) is 0 Å². The van der Waals surface area contributed by atoms with E-state index in [9.17, 15) is 24.2 Å². The van der Waals surface area contributed by atoms with E-state index >= 15 is 0 Å². The van der Waals surface area contributed by atoms with Crippen molar-refractivity contribution < 1.29 is 29.0 Å². The highest BCUT2D eigenvalue weighted by atomic mass is 32.5. The SMILES string of the molecule is CC(C)(C)OC(=O)NCc1nn(-c2ccc(S(F)(F)(F)(F)F)cc2)c2ncccc12. The molecule has 1 amide bonds. The van der Waals surface area contributed by atoms with E-state index in [-0.39, 0.29) is 12.2 Å². The van der Waals surface area contributed by atoms with Gasteiger partial charge in [-0.1, -0.05) is 19.4 Å². The molecule has 0 saturated carbocycles. The molecule has 0 bridgehead atoms. The second kappa shape index (κ2) is 6.30. The monoisotopic (exact) mass is 450 g/mol. The molecule has 0 radical (unpaired) electrons. The number of ether oxygens (including phenoxy) is 1. The lowest BCUT2D eigenvalue weighted by atomic mass is 10.2. The van der Waals surface area contributed by atoms with Crippen LogP contribution in [0.2, 0.25) is 0 Å². The Bertz CT molecular complexity index is 1110. The minimum Gasteiger partial charge on any atom is -0.444 e. The molecule has 3 rings (SSSR count). The van der Waals surface area contributed by atoms with Gasteiger partial charge in [0.05, 0.1) is 17.9 Å². The van der Waals surface area contributed by atoms with Gasteiger partial charge >= 0.3 is 16.3 Å². The van der Waals surface area contributed by atoms with Crippen molar-refractivity contribution in [2.75, 3.05) is 0 Å². The molecule has 1 aromatic carbocycles. The van der Waals surface area contributed by atoms with E-state index in [0.29, 0.717) is 28.9 Å². The summed E-state index contributed by atoms with van der Waals surface area (Å²) in [7, 11) is -9.77. The lowest BCUT2D eigenvalue weighted by Crippen LogP contribution is -2.32. The Morgan fingerprint density at radius 2 is 1.73 bits per heavy atom. The lowest BCUT2D eigenvalue weighted by Gasteiger charge is -2.40. The largest absolute Gasteiger partial charge is 0.444 e. The van der Waals surface area contributed by atoms with Crippen LogP contribution < -0.4 is 5.32 Å². The molecule has 0 aliphatic heterocycles. The number of aromatic nitrogens is 3. The molecule has 0 atom stereocenters. The summed E-state index contributed by atoms with van der Waals surface area (Å²) in [6.07, 6.45) is 0.781. The topological polar surface area (TPSA) is 69.0 Å². The predicted octanol–water partition coefficient (Wildman–Crippen LogP) is 6.10. The summed E-state index contributed by atoms with van der Waals surface area (Å²) in [6.45, 7) is 5.08. The van der Waals surface area contributed by atoms with Gasteiger partial charge in [-0.15, -0.1) is 0 Å². The predicted molar refractivity (Wildman–Crippen MR) is 103 cm³/mol. The third-order valence-corrected chi connectivity index (χ3v) is 5.01. The number of rotatable bonds is 4. The first-order chi connectivity index (χ1) is 13.5. The molecule has 0 fully saturated rings. The van der Waals surface area contributed by atoms with Gasteiger partial charge in [-0.3, -0.25) is 0 Å². The number of pyridine rings is 1. The molecule has 1 N–H and O–H groups in total. The second-order valence-corrected chi connectivity index (χ2v) is 9.96. The van der Waals surface area contributed by atoms with Gasteiger partial charge in [0.1, 0.15) is 10.5 Å². The number of nitrogens with zero attached hydrogens (tertiary/aromatic N) is 3. The third-order valence-electron chi connectivity index (χ3n) is 3.84. The number of fused-ring (bicyclic) bond motifs is 1. The Labute approximate surface area is 168 Å². The number of hydrogen-bond acceptors (Lipinski definition) is 4. The van der Waals surface area contributed by atoms with Gasteiger partial charge in [0, 0.05) is 11.6 Å². The normalized spacial score (nSPS) is 14.8. The third kappa shape index (κ3) is 4.99. The number of carbonyl (C=O) groups excluding carboxylic acids is 1. The maximum absolute atomic E-state index is 12.9. The minimum atomic E-state index is -9.77. The molecule has 0 aliphatic carbocycles. The Morgan fingerprint density at radius 3 is 2.30 bits per heavy atom. The Balaban J connectivity index is 1.94. The molecule has 0 spiro atoms. The molecular formula is C18H19F5N4O2S. The average Bonchev–Trinajstić information content (AvgIpc) is 2.96. The molecule has 3 aromatic rings. The van der Waals surface area contributed by atoms with Gasteiger partial charge in [-0.2, -0.15) is 5.10 Å². The first-order valence-corrected chi connectivity index (χ1v) is 10.6. The molecule has 0 unspecified atom stereocenters. The molecule has 0 aliphatic rings. The molecule has 12 heteroatoms. The number of nitrogens with one attached hydrogen (secondary N) is 1. The van der Waals surface area contributed by atoms with Gasteiger partial charge < -0.3 is 10.1 Å². The fourth-order valence-corrected chi connectivity index (χ4v) is 3.29. The minimum absolute atomic E-state index is 0.0341. The first kappa shape index (κ1) is 21.8. The van der Waals surface area contributed by atoms with E-state index in [0.717, 1.165) is 12.1 Å². The smallest absolute Gasteiger partial charge is 0.407 e. The fourth-order valence-electron chi connectivity index (χ4n) is 2.64. The Morgan fingerprint density at radius 1 is 1.10 bits per heavy atom. The number of hydrogen-bond donors (Lipinski definition) is 1. The molecule has 0 saturated heterocycles. The molecule has 30 heavy (non-hydrogen) atoms. The van der Waals surface area contributed by atoms with Crippen LogP contribution in [-0.4, -0.2) is 26.5 Å². The van der Waals surface area contributed by atoms with Gasteiger partial charge in [0.25, 0.3) is 0 Å². The molecule has 6 nitrogen and oxygen atoms in total. The summed E-state index contributed by atoms with van der Waals surface area (Å²) < 4.78 is 71.1. The quantitative estimate of drug-likeness (QED) is 0.488. The van der Waals surface area contributed by atoms with Crippen LogP contribution in [0, 0.1) is 0 Å². The highest BCUT2D eigenvalue weighted by Crippen LogP contribution is 3.02. The van der Waals surface area contributed by atoms with E-state index in [2.05, 4.69) is 15.4 Å². The van der Waals surface area contributed by atoms with Crippen molar-refractivity contribution >= 4 is 27.4 Å². The van der Waals surface area contributed by atoms with Crippen LogP contribution in [0.5, 0.6) is 0 Å². The van der Waals surface area contributed by atoms with E-state index < -0.39 is 26.8 Å². The fraction of sp³-hybridized carbons (Fsp3) is 0.278. The van der Waals surface area contributed by atoms with Crippen LogP contribution in [0.25, 0.3) is 16.7 Å². The molecule has 164 valence electrons. The summed E-state index contributed by atoms with van der Waals surface area (Å²) in [5, 5.41) is 7.36. The molecule has 2 aromatic heterocycles. The van der Waals surface area contributed by atoms with Crippen molar-refractivity contribution in [2.24, 2.45) is 0 Å². The van der Waals surface area contributed by atoms with Crippen molar-refractivity contribution in [1.29, 1.82) is 0 Å². The zero-order valence-corrected chi connectivity index (χ0v) is 17.0. The summed E-state index contributed by atoms with van der Waals surface area (Å²) >= 11 is 0. The van der Waals surface area contributed by atoms with Crippen LogP contribution in [-0.2, 0) is 11.3 Å². The zero-order valence-electron chi connectivity index (χ0n) is 16.2. The van der Waals surface area contributed by atoms with Crippen molar-refractivity contribution in [3.05, 3.63) is 48.3 Å². The highest BCUT2D eigenvalue weighted by molar-refractivity contribution is 8.45. The molecule has 2 heterocycles. The van der Waals surface area contributed by atoms with Crippen LogP contribution >= 0.6 is 10.2 Å². The van der Waals surface area contributed by atoms with Crippen molar-refractivity contribution in [1.82, 2.24) is 20.1 Å². The van der Waals surface area contributed by atoms with Gasteiger partial charge in [0.2, 0.25) is 0 Å². The average molecular weight is 450 g/mol. The van der Waals surface area contributed by atoms with Crippen LogP contribution in [0.1, 0.15) is 26.5 Å². The van der Waals surface area contributed by atoms with Gasteiger partial charge in [-0.05, 0) is 57.2 Å². The maximum atomic E-state index is 12.9. The maximum Gasteiger partial charge on any atom is 0.407 e. The first-order valence-electron chi connectivity index (χ1n) is 8.67. The number of halogens is 5. The van der Waals surface area contributed by atoms with Crippen molar-refractivity contribution in [3.8, 4) is 5.69 Å². The second-order valence-electron chi connectivity index (χ2n) is 7.55. The lowest BCUT2D eigenvalue weighted by molar-refractivity contribution is 0.0523. The number of amides is 1. The van der Waals surface area contributed by atoms with Crippen LogP contribution in [0.4, 0.5) is 24.2 Å². The van der Waals surface area contributed by atoms with Gasteiger partial charge in [0.15, 0.2) is 5.65 Å². The summed E-state index contributed by atoms with van der Waals surface area (Å²) in [5.41, 5.74) is 0.0738. The summed E-state index contributed by atoms with van der Waals surface area (Å²) in [4.78, 5) is 14.0. The van der Waals surface area contributed by atoms with Crippen LogP contribution in [0.3, 0.4) is 0 Å². The number of alkyl carbamates (subject to hydrolysis) is 1. The number of benzene rings is 1. The molecular weight excluding hydrogens is 431 g/mol. The van der Waals surface area contributed by atoms with Crippen LogP contribution in [0.15, 0.2) is 47.5 Å². The van der Waals surface area contributed by atoms with E-state index in [4.69, 9.17) is 4.74 Å². The summed E-state index contributed by atoms with van der Waals surface area (Å²) in [6, 6.07) is 5.69. The van der Waals surface area contributed by atoms with E-state index in [1.807, 2.05) is 0 Å². The summed E-state index contributed by atoms with van der Waals surface area (Å²) in [5.74, 6) is 0. The number of carbonyl (C=O) groups is 1. The van der Waals surface area contributed by atoms with E-state index in [1.165, 1.54) is 10.9 Å². The van der Waals surface area contributed by atoms with Gasteiger partial charge in [-0.25, -0.2) is 14.5 Å². The van der Waals surface area contributed by atoms with Crippen molar-refractivity contribution in [2.45, 2.75) is 37.8 Å². The standard InChI is InChI=1S/C18H19F5N4O2S/c1-18(2,3)29-17(28)25-11-15-14-5-4-10-24-16(14)27(26-15)12-6-8-13(9-7-12)30(19,20,21,22)23/h4-10H,11H2,1-3H3,(H,25,28). The highest BCUT2D eigenvalue weighted by Gasteiger charge is 2.65. The Hall–Kier alpha value is -2.89. The zero-order chi connectivity index (χ0) is 22.4. The van der Waals surface area contributed by atoms with E-state index in [1.54, 1.807) is 32.9 Å².